The van der Waals surface area contributed by atoms with Gasteiger partial charge in [0.2, 0.25) is 0 Å². The van der Waals surface area contributed by atoms with E-state index in [1.54, 1.807) is 31.4 Å². The van der Waals surface area contributed by atoms with Gasteiger partial charge in [-0.2, -0.15) is 0 Å². The average molecular weight is 497 g/mol. The van der Waals surface area contributed by atoms with Crippen molar-refractivity contribution < 1.29 is 23.8 Å². The molecule has 0 aliphatic heterocycles. The Morgan fingerprint density at radius 2 is 1.41 bits per heavy atom. The fourth-order valence-corrected chi connectivity index (χ4v) is 7.33. The molecule has 0 unspecified atom stereocenters. The van der Waals surface area contributed by atoms with Crippen molar-refractivity contribution in [1.82, 2.24) is 0 Å². The Morgan fingerprint density at radius 1 is 0.784 bits per heavy atom. The molecular formula is C32H32O5. The van der Waals surface area contributed by atoms with E-state index in [1.807, 2.05) is 42.5 Å². The predicted molar refractivity (Wildman–Crippen MR) is 140 cm³/mol. The predicted octanol–water partition coefficient (Wildman–Crippen LogP) is 6.74. The standard InChI is InChI=1S/C32H32O5/c1-35-29-16-26(9-12-28(29)32-17-22-13-23(18-32)15-24(14-22)19-32)31(34)37-27-10-7-25(8-11-27)30(33)36-20-21-5-3-2-4-6-21/h2-12,16,22-24H,13-15,17-20H2,1H3. The summed E-state index contributed by atoms with van der Waals surface area (Å²) in [5, 5.41) is 0. The molecule has 0 aromatic heterocycles. The highest BCUT2D eigenvalue weighted by Crippen LogP contribution is 2.61. The van der Waals surface area contributed by atoms with Crippen molar-refractivity contribution in [3.05, 3.63) is 95.1 Å². The van der Waals surface area contributed by atoms with Gasteiger partial charge in [0.15, 0.2) is 0 Å². The number of benzene rings is 3. The number of hydrogen-bond acceptors (Lipinski definition) is 5. The quantitative estimate of drug-likeness (QED) is 0.268. The van der Waals surface area contributed by atoms with E-state index >= 15 is 0 Å². The molecule has 190 valence electrons. The largest absolute Gasteiger partial charge is 0.496 e. The van der Waals surface area contributed by atoms with Gasteiger partial charge in [0.05, 0.1) is 18.2 Å². The Labute approximate surface area is 217 Å². The zero-order valence-electron chi connectivity index (χ0n) is 21.2. The van der Waals surface area contributed by atoms with Gasteiger partial charge < -0.3 is 14.2 Å². The maximum atomic E-state index is 13.0. The molecular weight excluding hydrogens is 464 g/mol. The Bertz CT molecular complexity index is 1260. The molecule has 0 heterocycles. The van der Waals surface area contributed by atoms with Crippen LogP contribution in [-0.2, 0) is 16.8 Å². The van der Waals surface area contributed by atoms with Crippen LogP contribution in [-0.4, -0.2) is 19.0 Å². The summed E-state index contributed by atoms with van der Waals surface area (Å²) >= 11 is 0. The van der Waals surface area contributed by atoms with E-state index in [-0.39, 0.29) is 12.0 Å². The Morgan fingerprint density at radius 3 is 2.03 bits per heavy atom. The van der Waals surface area contributed by atoms with Crippen molar-refractivity contribution in [2.24, 2.45) is 17.8 Å². The second-order valence-electron chi connectivity index (χ2n) is 11.1. The Kier molecular flexibility index (Phi) is 6.23. The van der Waals surface area contributed by atoms with Crippen LogP contribution in [0.25, 0.3) is 0 Å². The minimum atomic E-state index is -0.449. The smallest absolute Gasteiger partial charge is 0.343 e. The number of esters is 2. The summed E-state index contributed by atoms with van der Waals surface area (Å²) in [5.41, 5.74) is 3.22. The first-order chi connectivity index (χ1) is 18.0. The SMILES string of the molecule is COc1cc(C(=O)Oc2ccc(C(=O)OCc3ccccc3)cc2)ccc1C12CC3CC(CC(C3)C1)C2. The van der Waals surface area contributed by atoms with E-state index in [2.05, 4.69) is 6.07 Å². The molecule has 0 spiro atoms. The molecule has 0 N–H and O–H groups in total. The van der Waals surface area contributed by atoms with Crippen LogP contribution < -0.4 is 9.47 Å². The maximum Gasteiger partial charge on any atom is 0.343 e. The summed E-state index contributed by atoms with van der Waals surface area (Å²) in [5.74, 6) is 2.78. The number of carbonyl (C=O) groups excluding carboxylic acids is 2. The van der Waals surface area contributed by atoms with E-state index < -0.39 is 11.9 Å². The highest BCUT2D eigenvalue weighted by atomic mass is 16.5. The number of hydrogen-bond donors (Lipinski definition) is 0. The van der Waals surface area contributed by atoms with Gasteiger partial charge >= 0.3 is 11.9 Å². The van der Waals surface area contributed by atoms with Crippen molar-refractivity contribution in [3.63, 3.8) is 0 Å². The lowest BCUT2D eigenvalue weighted by Gasteiger charge is -2.57. The molecule has 4 aliphatic rings. The first-order valence-corrected chi connectivity index (χ1v) is 13.2. The van der Waals surface area contributed by atoms with Crippen molar-refractivity contribution in [2.75, 3.05) is 7.11 Å². The van der Waals surface area contributed by atoms with E-state index in [9.17, 15) is 9.59 Å². The van der Waals surface area contributed by atoms with E-state index in [1.165, 1.54) is 44.1 Å². The zero-order valence-corrected chi connectivity index (χ0v) is 21.2. The molecule has 4 saturated carbocycles. The number of carbonyl (C=O) groups is 2. The van der Waals surface area contributed by atoms with Gasteiger partial charge in [-0.3, -0.25) is 0 Å². The van der Waals surface area contributed by atoms with Crippen molar-refractivity contribution in [3.8, 4) is 11.5 Å². The van der Waals surface area contributed by atoms with Crippen LogP contribution in [0.3, 0.4) is 0 Å². The van der Waals surface area contributed by atoms with Gasteiger partial charge in [-0.15, -0.1) is 0 Å². The van der Waals surface area contributed by atoms with Gasteiger partial charge in [0.25, 0.3) is 0 Å². The highest BCUT2D eigenvalue weighted by molar-refractivity contribution is 5.92. The van der Waals surface area contributed by atoms with Crippen molar-refractivity contribution >= 4 is 11.9 Å². The van der Waals surface area contributed by atoms with Crippen molar-refractivity contribution in [2.45, 2.75) is 50.5 Å². The van der Waals surface area contributed by atoms with Crippen LogP contribution in [0.1, 0.15) is 70.4 Å². The lowest BCUT2D eigenvalue weighted by molar-refractivity contribution is -0.00617. The van der Waals surface area contributed by atoms with Crippen LogP contribution in [0.5, 0.6) is 11.5 Å². The molecule has 3 aromatic carbocycles. The van der Waals surface area contributed by atoms with Gasteiger partial charge in [-0.05, 0) is 104 Å². The molecule has 0 radical (unpaired) electrons. The third kappa shape index (κ3) is 4.75. The first kappa shape index (κ1) is 23.8. The molecule has 7 rings (SSSR count). The summed E-state index contributed by atoms with van der Waals surface area (Å²) in [6.45, 7) is 0.206. The number of ether oxygens (including phenoxy) is 3. The van der Waals surface area contributed by atoms with E-state index in [0.717, 1.165) is 29.1 Å². The van der Waals surface area contributed by atoms with Crippen LogP contribution in [0.2, 0.25) is 0 Å². The van der Waals surface area contributed by atoms with Gasteiger partial charge in [-0.25, -0.2) is 9.59 Å². The van der Waals surface area contributed by atoms with Gasteiger partial charge in [-0.1, -0.05) is 36.4 Å². The van der Waals surface area contributed by atoms with Crippen molar-refractivity contribution in [1.29, 1.82) is 0 Å². The first-order valence-electron chi connectivity index (χ1n) is 13.2. The van der Waals surface area contributed by atoms with Crippen LogP contribution in [0, 0.1) is 17.8 Å². The third-order valence-corrected chi connectivity index (χ3v) is 8.56. The van der Waals surface area contributed by atoms with Crippen LogP contribution >= 0.6 is 0 Å². The molecule has 0 atom stereocenters. The molecule has 5 nitrogen and oxygen atoms in total. The van der Waals surface area contributed by atoms with Crippen LogP contribution in [0.15, 0.2) is 72.8 Å². The van der Waals surface area contributed by atoms with Gasteiger partial charge in [0.1, 0.15) is 18.1 Å². The minimum absolute atomic E-state index is 0.188. The molecule has 4 fully saturated rings. The summed E-state index contributed by atoms with van der Waals surface area (Å²) in [6.07, 6.45) is 7.86. The fraction of sp³-hybridized carbons (Fsp3) is 0.375. The molecule has 37 heavy (non-hydrogen) atoms. The third-order valence-electron chi connectivity index (χ3n) is 8.56. The van der Waals surface area contributed by atoms with Crippen LogP contribution in [0.4, 0.5) is 0 Å². The summed E-state index contributed by atoms with van der Waals surface area (Å²) < 4.78 is 16.8. The summed E-state index contributed by atoms with van der Waals surface area (Å²) in [7, 11) is 1.68. The number of methoxy groups -OCH3 is 1. The topological polar surface area (TPSA) is 61.8 Å². The molecule has 3 aromatic rings. The Hall–Kier alpha value is -3.60. The Balaban J connectivity index is 1.12. The second-order valence-corrected chi connectivity index (χ2v) is 11.1. The maximum absolute atomic E-state index is 13.0. The second kappa shape index (κ2) is 9.70. The molecule has 4 aliphatic carbocycles. The fourth-order valence-electron chi connectivity index (χ4n) is 7.33. The van der Waals surface area contributed by atoms with E-state index in [0.29, 0.717) is 16.9 Å². The highest BCUT2D eigenvalue weighted by Gasteiger charge is 2.52. The minimum Gasteiger partial charge on any atom is -0.496 e. The number of rotatable bonds is 7. The lowest BCUT2D eigenvalue weighted by Crippen LogP contribution is -2.48. The lowest BCUT2D eigenvalue weighted by atomic mass is 9.48. The van der Waals surface area contributed by atoms with Gasteiger partial charge in [0, 0.05) is 5.56 Å². The monoisotopic (exact) mass is 496 g/mol. The molecule has 0 amide bonds. The molecule has 0 saturated heterocycles. The average Bonchev–Trinajstić information content (AvgIpc) is 2.91. The summed E-state index contributed by atoms with van der Waals surface area (Å²) in [4.78, 5) is 25.3. The van der Waals surface area contributed by atoms with E-state index in [4.69, 9.17) is 14.2 Å². The summed E-state index contributed by atoms with van der Waals surface area (Å²) in [6, 6.07) is 21.7. The normalized spacial score (nSPS) is 25.5. The zero-order chi connectivity index (χ0) is 25.4. The molecule has 4 bridgehead atoms. The molecule has 5 heteroatoms.